The lowest BCUT2D eigenvalue weighted by atomic mass is 9.74. The van der Waals surface area contributed by atoms with E-state index in [9.17, 15) is 0 Å². The van der Waals surface area contributed by atoms with Gasteiger partial charge in [0.25, 0.3) is 0 Å². The van der Waals surface area contributed by atoms with E-state index < -0.39 is 0 Å². The van der Waals surface area contributed by atoms with E-state index in [2.05, 4.69) is 41.6 Å². The number of hydrogen-bond donors (Lipinski definition) is 1. The van der Waals surface area contributed by atoms with Crippen molar-refractivity contribution in [3.63, 3.8) is 0 Å². The highest BCUT2D eigenvalue weighted by molar-refractivity contribution is 5.74. The molecule has 0 spiro atoms. The molecule has 0 radical (unpaired) electrons. The van der Waals surface area contributed by atoms with Crippen LogP contribution in [0.15, 0.2) is 30.6 Å². The van der Waals surface area contributed by atoms with Crippen LogP contribution in [0.4, 0.5) is 0 Å². The molecule has 0 saturated heterocycles. The molecular formula is C17H25N3. The molecule has 3 unspecified atom stereocenters. The molecule has 1 aromatic carbocycles. The van der Waals surface area contributed by atoms with Crippen LogP contribution < -0.4 is 5.73 Å². The summed E-state index contributed by atoms with van der Waals surface area (Å²) in [5.41, 5.74) is 8.76. The Balaban J connectivity index is 1.73. The van der Waals surface area contributed by atoms with Crippen LogP contribution >= 0.6 is 0 Å². The quantitative estimate of drug-likeness (QED) is 0.929. The first-order valence-corrected chi connectivity index (χ1v) is 7.79. The minimum Gasteiger partial charge on any atom is -0.329 e. The monoisotopic (exact) mass is 271 g/mol. The maximum absolute atomic E-state index is 6.51. The number of para-hydroxylation sites is 2. The van der Waals surface area contributed by atoms with E-state index in [1.807, 2.05) is 12.4 Å². The summed E-state index contributed by atoms with van der Waals surface area (Å²) in [7, 11) is 0. The molecule has 1 saturated carbocycles. The zero-order valence-corrected chi connectivity index (χ0v) is 12.5. The van der Waals surface area contributed by atoms with Gasteiger partial charge in [-0.3, -0.25) is 0 Å². The van der Waals surface area contributed by atoms with Gasteiger partial charge in [-0.15, -0.1) is 0 Å². The van der Waals surface area contributed by atoms with E-state index in [4.69, 9.17) is 5.73 Å². The second-order valence-corrected chi connectivity index (χ2v) is 6.73. The molecule has 20 heavy (non-hydrogen) atoms. The van der Waals surface area contributed by atoms with Crippen molar-refractivity contribution in [1.29, 1.82) is 0 Å². The number of imidazole rings is 1. The Hall–Kier alpha value is -1.35. The molecule has 3 heteroatoms. The summed E-state index contributed by atoms with van der Waals surface area (Å²) in [5, 5.41) is 0. The Bertz CT molecular complexity index is 564. The zero-order valence-electron chi connectivity index (χ0n) is 12.5. The summed E-state index contributed by atoms with van der Waals surface area (Å²) in [6.07, 6.45) is 5.84. The van der Waals surface area contributed by atoms with Gasteiger partial charge in [-0.25, -0.2) is 4.98 Å². The van der Waals surface area contributed by atoms with Crippen molar-refractivity contribution < 1.29 is 0 Å². The normalized spacial score (nSPS) is 28.6. The van der Waals surface area contributed by atoms with Gasteiger partial charge in [-0.05, 0) is 49.1 Å². The lowest BCUT2D eigenvalue weighted by Gasteiger charge is -2.35. The average Bonchev–Trinajstić information content (AvgIpc) is 2.81. The van der Waals surface area contributed by atoms with E-state index in [0.717, 1.165) is 23.9 Å². The largest absolute Gasteiger partial charge is 0.329 e. The number of aromatic nitrogens is 2. The molecular weight excluding hydrogens is 246 g/mol. The summed E-state index contributed by atoms with van der Waals surface area (Å²) in [4.78, 5) is 4.45. The standard InChI is InChI=1S/C17H25N3/c1-12-7-13(2)9-14(8-12)15(18)10-20-11-19-16-5-3-4-6-17(16)20/h3-6,11-15H,7-10,18H2,1-2H3. The molecule has 0 bridgehead atoms. The molecule has 1 fully saturated rings. The van der Waals surface area contributed by atoms with Gasteiger partial charge in [0.1, 0.15) is 0 Å². The van der Waals surface area contributed by atoms with Crippen LogP contribution in [0.5, 0.6) is 0 Å². The van der Waals surface area contributed by atoms with Gasteiger partial charge in [0.15, 0.2) is 0 Å². The van der Waals surface area contributed by atoms with Crippen molar-refractivity contribution in [3.05, 3.63) is 30.6 Å². The average molecular weight is 271 g/mol. The van der Waals surface area contributed by atoms with Gasteiger partial charge in [0.2, 0.25) is 0 Å². The predicted molar refractivity (Wildman–Crippen MR) is 83.4 cm³/mol. The van der Waals surface area contributed by atoms with E-state index in [0.29, 0.717) is 5.92 Å². The first-order valence-electron chi connectivity index (χ1n) is 7.79. The van der Waals surface area contributed by atoms with Crippen molar-refractivity contribution in [3.8, 4) is 0 Å². The summed E-state index contributed by atoms with van der Waals surface area (Å²) in [6.45, 7) is 5.61. The second kappa shape index (κ2) is 5.57. The molecule has 108 valence electrons. The lowest BCUT2D eigenvalue weighted by Crippen LogP contribution is -2.38. The van der Waals surface area contributed by atoms with Crippen LogP contribution in [-0.2, 0) is 6.54 Å². The van der Waals surface area contributed by atoms with Gasteiger partial charge in [0.05, 0.1) is 17.4 Å². The minimum atomic E-state index is 0.234. The van der Waals surface area contributed by atoms with Gasteiger partial charge >= 0.3 is 0 Å². The van der Waals surface area contributed by atoms with E-state index in [1.165, 1.54) is 24.8 Å². The third-order valence-electron chi connectivity index (χ3n) is 4.76. The number of hydrogen-bond acceptors (Lipinski definition) is 2. The number of nitrogens with zero attached hydrogens (tertiary/aromatic N) is 2. The van der Waals surface area contributed by atoms with Gasteiger partial charge < -0.3 is 10.3 Å². The first-order chi connectivity index (χ1) is 9.63. The minimum absolute atomic E-state index is 0.234. The fourth-order valence-corrected chi connectivity index (χ4v) is 3.89. The third kappa shape index (κ3) is 2.73. The molecule has 3 rings (SSSR count). The Kier molecular flexibility index (Phi) is 3.79. The molecule has 1 aliphatic carbocycles. The molecule has 1 aromatic heterocycles. The van der Waals surface area contributed by atoms with Gasteiger partial charge in [-0.1, -0.05) is 26.0 Å². The highest BCUT2D eigenvalue weighted by atomic mass is 15.1. The molecule has 2 N–H and O–H groups in total. The van der Waals surface area contributed by atoms with Crippen molar-refractivity contribution in [2.75, 3.05) is 0 Å². The maximum atomic E-state index is 6.51. The Morgan fingerprint density at radius 2 is 1.90 bits per heavy atom. The van der Waals surface area contributed by atoms with Crippen LogP contribution in [-0.4, -0.2) is 15.6 Å². The SMILES string of the molecule is CC1CC(C)CC(C(N)Cn2cnc3ccccc32)C1. The second-order valence-electron chi connectivity index (χ2n) is 6.73. The van der Waals surface area contributed by atoms with Crippen LogP contribution in [0.3, 0.4) is 0 Å². The molecule has 0 amide bonds. The summed E-state index contributed by atoms with van der Waals surface area (Å²) in [5.74, 6) is 2.28. The summed E-state index contributed by atoms with van der Waals surface area (Å²) >= 11 is 0. The highest BCUT2D eigenvalue weighted by Gasteiger charge is 2.28. The number of rotatable bonds is 3. The number of benzene rings is 1. The molecule has 3 nitrogen and oxygen atoms in total. The first kappa shape index (κ1) is 13.6. The Morgan fingerprint density at radius 1 is 1.20 bits per heavy atom. The van der Waals surface area contributed by atoms with Crippen LogP contribution in [0.1, 0.15) is 33.1 Å². The maximum Gasteiger partial charge on any atom is 0.0958 e. The van der Waals surface area contributed by atoms with Gasteiger partial charge in [0, 0.05) is 12.6 Å². The molecule has 2 aromatic rings. The number of fused-ring (bicyclic) bond motifs is 1. The number of nitrogens with two attached hydrogens (primary N) is 1. The van der Waals surface area contributed by atoms with Crippen molar-refractivity contribution in [1.82, 2.24) is 9.55 Å². The summed E-state index contributed by atoms with van der Waals surface area (Å²) < 4.78 is 2.21. The Morgan fingerprint density at radius 3 is 2.65 bits per heavy atom. The van der Waals surface area contributed by atoms with Crippen LogP contribution in [0, 0.1) is 17.8 Å². The van der Waals surface area contributed by atoms with E-state index >= 15 is 0 Å². The third-order valence-corrected chi connectivity index (χ3v) is 4.76. The molecule has 3 atom stereocenters. The summed E-state index contributed by atoms with van der Waals surface area (Å²) in [6, 6.07) is 8.52. The van der Waals surface area contributed by atoms with Crippen molar-refractivity contribution in [2.45, 2.75) is 45.7 Å². The molecule has 1 heterocycles. The fourth-order valence-electron chi connectivity index (χ4n) is 3.89. The highest BCUT2D eigenvalue weighted by Crippen LogP contribution is 2.34. The van der Waals surface area contributed by atoms with Crippen LogP contribution in [0.2, 0.25) is 0 Å². The lowest BCUT2D eigenvalue weighted by molar-refractivity contribution is 0.185. The van der Waals surface area contributed by atoms with Crippen molar-refractivity contribution >= 4 is 11.0 Å². The Labute approximate surface area is 121 Å². The fraction of sp³-hybridized carbons (Fsp3) is 0.588. The zero-order chi connectivity index (χ0) is 14.1. The van der Waals surface area contributed by atoms with Crippen LogP contribution in [0.25, 0.3) is 11.0 Å². The molecule has 1 aliphatic rings. The van der Waals surface area contributed by atoms with Gasteiger partial charge in [-0.2, -0.15) is 0 Å². The molecule has 0 aliphatic heterocycles. The van der Waals surface area contributed by atoms with E-state index in [1.54, 1.807) is 0 Å². The predicted octanol–water partition coefficient (Wildman–Crippen LogP) is 3.44. The smallest absolute Gasteiger partial charge is 0.0958 e. The van der Waals surface area contributed by atoms with E-state index in [-0.39, 0.29) is 6.04 Å². The topological polar surface area (TPSA) is 43.8 Å². The van der Waals surface area contributed by atoms with Crippen molar-refractivity contribution in [2.24, 2.45) is 23.5 Å².